The molecule has 2 amide bonds. The van der Waals surface area contributed by atoms with Crippen LogP contribution in [0.2, 0.25) is 0 Å². The first-order valence-electron chi connectivity index (χ1n) is 12.3. The van der Waals surface area contributed by atoms with Crippen molar-refractivity contribution in [2.24, 2.45) is 0 Å². The van der Waals surface area contributed by atoms with Crippen LogP contribution in [0, 0.1) is 6.92 Å². The number of nitrogens with zero attached hydrogens (tertiary/aromatic N) is 1. The van der Waals surface area contributed by atoms with E-state index in [1.54, 1.807) is 16.7 Å². The van der Waals surface area contributed by atoms with Gasteiger partial charge in [-0.25, -0.2) is 0 Å². The van der Waals surface area contributed by atoms with Crippen molar-refractivity contribution in [1.82, 2.24) is 10.2 Å². The van der Waals surface area contributed by atoms with Crippen LogP contribution >= 0.6 is 11.8 Å². The number of amides is 2. The Kier molecular flexibility index (Phi) is 10.9. The number of thioether (sulfide) groups is 1. The van der Waals surface area contributed by atoms with Gasteiger partial charge in [-0.2, -0.15) is 0 Å². The minimum absolute atomic E-state index is 0.0162. The van der Waals surface area contributed by atoms with E-state index in [0.29, 0.717) is 25.3 Å². The smallest absolute Gasteiger partial charge is 0.243 e. The van der Waals surface area contributed by atoms with Gasteiger partial charge in [-0.15, -0.1) is 11.8 Å². The highest BCUT2D eigenvalue weighted by molar-refractivity contribution is 7.99. The summed E-state index contributed by atoms with van der Waals surface area (Å²) < 4.78 is 0. The molecule has 0 aliphatic carbocycles. The first-order chi connectivity index (χ1) is 17.1. The molecule has 1 N–H and O–H groups in total. The molecule has 1 atom stereocenters. The van der Waals surface area contributed by atoms with Gasteiger partial charge in [0.15, 0.2) is 0 Å². The maximum Gasteiger partial charge on any atom is 0.243 e. The standard InChI is InChI=1S/C30H36N2O2S/c1-3-4-19-31-30(34)28(20-25-11-7-5-8-12-25)32(21-26-13-9-6-10-14-26)29(33)23-35-22-27-17-15-24(2)16-18-27/h5-18,28H,3-4,19-23H2,1-2H3,(H,31,34). The van der Waals surface area contributed by atoms with Crippen molar-refractivity contribution in [2.75, 3.05) is 12.3 Å². The minimum Gasteiger partial charge on any atom is -0.354 e. The van der Waals surface area contributed by atoms with E-state index in [1.807, 2.05) is 60.7 Å². The molecule has 0 saturated carbocycles. The first kappa shape index (κ1) is 26.6. The number of unbranched alkanes of at least 4 members (excludes halogenated alkanes) is 1. The topological polar surface area (TPSA) is 49.4 Å². The Balaban J connectivity index is 1.79. The van der Waals surface area contributed by atoms with E-state index in [-0.39, 0.29) is 11.8 Å². The third kappa shape index (κ3) is 8.91. The summed E-state index contributed by atoms with van der Waals surface area (Å²) in [4.78, 5) is 28.7. The molecule has 184 valence electrons. The summed E-state index contributed by atoms with van der Waals surface area (Å²) in [5.74, 6) is 0.985. The normalized spacial score (nSPS) is 11.6. The lowest BCUT2D eigenvalue weighted by molar-refractivity contribution is -0.139. The van der Waals surface area contributed by atoms with E-state index < -0.39 is 6.04 Å². The average molecular weight is 489 g/mol. The van der Waals surface area contributed by atoms with Gasteiger partial charge in [0.05, 0.1) is 5.75 Å². The van der Waals surface area contributed by atoms with Gasteiger partial charge in [0, 0.05) is 25.3 Å². The van der Waals surface area contributed by atoms with Crippen molar-refractivity contribution in [3.05, 3.63) is 107 Å². The van der Waals surface area contributed by atoms with Crippen LogP contribution in [0.25, 0.3) is 0 Å². The minimum atomic E-state index is -0.568. The van der Waals surface area contributed by atoms with Crippen molar-refractivity contribution >= 4 is 23.6 Å². The first-order valence-corrected chi connectivity index (χ1v) is 13.5. The lowest BCUT2D eigenvalue weighted by Crippen LogP contribution is -2.51. The molecule has 0 heterocycles. The third-order valence-corrected chi connectivity index (χ3v) is 6.90. The molecule has 0 bridgehead atoms. The predicted molar refractivity (Wildman–Crippen MR) is 146 cm³/mol. The van der Waals surface area contributed by atoms with Gasteiger partial charge in [0.2, 0.25) is 11.8 Å². The van der Waals surface area contributed by atoms with E-state index in [4.69, 9.17) is 0 Å². The zero-order valence-electron chi connectivity index (χ0n) is 20.8. The molecule has 0 radical (unpaired) electrons. The highest BCUT2D eigenvalue weighted by Gasteiger charge is 2.30. The fraction of sp³-hybridized carbons (Fsp3) is 0.333. The molecular weight excluding hydrogens is 452 g/mol. The molecule has 3 aromatic carbocycles. The Bertz CT molecular complexity index is 1040. The van der Waals surface area contributed by atoms with Crippen LogP contribution in [-0.2, 0) is 28.3 Å². The van der Waals surface area contributed by atoms with Crippen molar-refractivity contribution in [3.8, 4) is 0 Å². The van der Waals surface area contributed by atoms with Gasteiger partial charge in [-0.1, -0.05) is 104 Å². The van der Waals surface area contributed by atoms with Gasteiger partial charge >= 0.3 is 0 Å². The van der Waals surface area contributed by atoms with Crippen LogP contribution in [0.5, 0.6) is 0 Å². The van der Waals surface area contributed by atoms with Gasteiger partial charge < -0.3 is 10.2 Å². The van der Waals surface area contributed by atoms with Crippen LogP contribution < -0.4 is 5.32 Å². The van der Waals surface area contributed by atoms with E-state index in [9.17, 15) is 9.59 Å². The quantitative estimate of drug-likeness (QED) is 0.310. The Morgan fingerprint density at radius 3 is 2.11 bits per heavy atom. The Morgan fingerprint density at radius 2 is 1.49 bits per heavy atom. The van der Waals surface area contributed by atoms with Gasteiger partial charge in [-0.05, 0) is 30.0 Å². The molecule has 0 aliphatic heterocycles. The van der Waals surface area contributed by atoms with Gasteiger partial charge in [0.25, 0.3) is 0 Å². The van der Waals surface area contributed by atoms with E-state index >= 15 is 0 Å². The number of carbonyl (C=O) groups excluding carboxylic acids is 2. The summed E-state index contributed by atoms with van der Waals surface area (Å²) in [6.45, 7) is 5.20. The molecule has 35 heavy (non-hydrogen) atoms. The summed E-state index contributed by atoms with van der Waals surface area (Å²) in [7, 11) is 0. The number of aryl methyl sites for hydroxylation is 1. The maximum atomic E-state index is 13.6. The number of hydrogen-bond acceptors (Lipinski definition) is 3. The second-order valence-electron chi connectivity index (χ2n) is 8.84. The lowest BCUT2D eigenvalue weighted by Gasteiger charge is -2.31. The van der Waals surface area contributed by atoms with E-state index in [1.165, 1.54) is 11.1 Å². The molecular formula is C30H36N2O2S. The Hall–Kier alpha value is -3.05. The van der Waals surface area contributed by atoms with Crippen LogP contribution in [-0.4, -0.2) is 35.1 Å². The molecule has 1 unspecified atom stereocenters. The van der Waals surface area contributed by atoms with Crippen LogP contribution in [0.1, 0.15) is 42.0 Å². The highest BCUT2D eigenvalue weighted by atomic mass is 32.2. The van der Waals surface area contributed by atoms with Gasteiger partial charge in [0.1, 0.15) is 6.04 Å². The molecule has 0 fully saturated rings. The number of hydrogen-bond donors (Lipinski definition) is 1. The van der Waals surface area contributed by atoms with Crippen molar-refractivity contribution in [1.29, 1.82) is 0 Å². The van der Waals surface area contributed by atoms with Gasteiger partial charge in [-0.3, -0.25) is 9.59 Å². The summed E-state index contributed by atoms with van der Waals surface area (Å²) in [6.07, 6.45) is 2.41. The SMILES string of the molecule is CCCCNC(=O)C(Cc1ccccc1)N(Cc1ccccc1)C(=O)CSCc1ccc(C)cc1. The van der Waals surface area contributed by atoms with Crippen molar-refractivity contribution in [2.45, 2.75) is 51.4 Å². The zero-order chi connectivity index (χ0) is 24.9. The molecule has 3 aromatic rings. The third-order valence-electron chi connectivity index (χ3n) is 5.91. The summed E-state index contributed by atoms with van der Waals surface area (Å²) >= 11 is 1.59. The number of carbonyl (C=O) groups is 2. The molecule has 4 nitrogen and oxygen atoms in total. The number of benzene rings is 3. The lowest BCUT2D eigenvalue weighted by atomic mass is 10.0. The maximum absolute atomic E-state index is 13.6. The highest BCUT2D eigenvalue weighted by Crippen LogP contribution is 2.19. The summed E-state index contributed by atoms with van der Waals surface area (Å²) in [5, 5.41) is 3.07. The second kappa shape index (κ2) is 14.4. The van der Waals surface area contributed by atoms with Crippen LogP contribution in [0.15, 0.2) is 84.9 Å². The zero-order valence-corrected chi connectivity index (χ0v) is 21.6. The molecule has 0 saturated heterocycles. The summed E-state index contributed by atoms with van der Waals surface area (Å²) in [5.41, 5.74) is 4.48. The number of rotatable bonds is 13. The fourth-order valence-electron chi connectivity index (χ4n) is 3.86. The van der Waals surface area contributed by atoms with E-state index in [0.717, 1.165) is 29.7 Å². The summed E-state index contributed by atoms with van der Waals surface area (Å²) in [6, 6.07) is 27.7. The van der Waals surface area contributed by atoms with Crippen molar-refractivity contribution in [3.63, 3.8) is 0 Å². The Labute approximate surface area is 214 Å². The van der Waals surface area contributed by atoms with Crippen LogP contribution in [0.3, 0.4) is 0 Å². The van der Waals surface area contributed by atoms with Crippen LogP contribution in [0.4, 0.5) is 0 Å². The molecule has 3 rings (SSSR count). The fourth-order valence-corrected chi connectivity index (χ4v) is 4.73. The monoisotopic (exact) mass is 488 g/mol. The van der Waals surface area contributed by atoms with Crippen molar-refractivity contribution < 1.29 is 9.59 Å². The number of nitrogens with one attached hydrogen (secondary N) is 1. The largest absolute Gasteiger partial charge is 0.354 e. The predicted octanol–water partition coefficient (Wildman–Crippen LogP) is 5.78. The second-order valence-corrected chi connectivity index (χ2v) is 9.82. The van der Waals surface area contributed by atoms with E-state index in [2.05, 4.69) is 43.4 Å². The average Bonchev–Trinajstić information content (AvgIpc) is 2.88. The molecule has 5 heteroatoms. The molecule has 0 aromatic heterocycles. The Morgan fingerprint density at radius 1 is 0.857 bits per heavy atom. The molecule has 0 spiro atoms. The molecule has 0 aliphatic rings.